The lowest BCUT2D eigenvalue weighted by Gasteiger charge is -2.29. The highest BCUT2D eigenvalue weighted by Crippen LogP contribution is 2.40. The molecule has 0 bridgehead atoms. The SMILES string of the molecule is CC(C)(C)OC(=O)NCc1ccc(Oc2cc(Oc3ccc(C(N)=NO)cc3C(F)(F)F)cc(C(=O)NC3CCC(NC(=O)O)CC3)c2)cc1. The van der Waals surface area contributed by atoms with Gasteiger partial charge in [0.2, 0.25) is 0 Å². The minimum Gasteiger partial charge on any atom is -0.465 e. The largest absolute Gasteiger partial charge is 0.465 e. The van der Waals surface area contributed by atoms with Crippen molar-refractivity contribution in [2.45, 2.75) is 76.9 Å². The maximum absolute atomic E-state index is 14.1. The van der Waals surface area contributed by atoms with Gasteiger partial charge in [0, 0.05) is 35.8 Å². The number of nitrogens with one attached hydrogen (secondary N) is 3. The van der Waals surface area contributed by atoms with Gasteiger partial charge >= 0.3 is 18.4 Å². The van der Waals surface area contributed by atoms with Crippen LogP contribution < -0.4 is 31.2 Å². The van der Waals surface area contributed by atoms with E-state index in [1.807, 2.05) is 0 Å². The van der Waals surface area contributed by atoms with Crippen LogP contribution in [-0.4, -0.2) is 51.9 Å². The number of halogens is 3. The molecule has 7 N–H and O–H groups in total. The molecule has 3 aromatic rings. The molecule has 50 heavy (non-hydrogen) atoms. The molecule has 0 heterocycles. The Bertz CT molecular complexity index is 1720. The van der Waals surface area contributed by atoms with E-state index in [2.05, 4.69) is 21.1 Å². The van der Waals surface area contributed by atoms with Gasteiger partial charge in [0.15, 0.2) is 5.84 Å². The number of alkyl carbamates (subject to hydrolysis) is 1. The first-order valence-corrected chi connectivity index (χ1v) is 15.5. The summed E-state index contributed by atoms with van der Waals surface area (Å²) in [7, 11) is 0. The Hall–Kier alpha value is -5.67. The third kappa shape index (κ3) is 10.9. The summed E-state index contributed by atoms with van der Waals surface area (Å²) in [5, 5.41) is 28.7. The number of hydrogen-bond donors (Lipinski definition) is 6. The Morgan fingerprint density at radius 1 is 0.840 bits per heavy atom. The molecule has 0 unspecified atom stereocenters. The Balaban J connectivity index is 1.58. The molecule has 13 nitrogen and oxygen atoms in total. The minimum atomic E-state index is -4.89. The van der Waals surface area contributed by atoms with Crippen LogP contribution in [-0.2, 0) is 17.5 Å². The maximum Gasteiger partial charge on any atom is 0.420 e. The highest BCUT2D eigenvalue weighted by atomic mass is 19.4. The van der Waals surface area contributed by atoms with Crippen molar-refractivity contribution in [1.29, 1.82) is 0 Å². The number of carbonyl (C=O) groups excluding carboxylic acids is 2. The average molecular weight is 702 g/mol. The van der Waals surface area contributed by atoms with Crippen molar-refractivity contribution in [3.8, 4) is 23.0 Å². The predicted molar refractivity (Wildman–Crippen MR) is 175 cm³/mol. The Morgan fingerprint density at radius 2 is 1.44 bits per heavy atom. The van der Waals surface area contributed by atoms with Crippen molar-refractivity contribution in [2.24, 2.45) is 10.9 Å². The molecule has 0 atom stereocenters. The standard InChI is InChI=1S/C34H38F3N5O8/c1-33(2,3)50-32(46)39-18-19-4-11-24(12-5-19)48-25-14-21(30(43)40-22-7-9-23(10-8-22)41-31(44)45)15-26(17-25)49-28-13-6-20(29(38)42-47)16-27(28)34(35,36)37/h4-6,11-17,22-23,41,47H,7-10,18H2,1-3H3,(H2,38,42)(H,39,46)(H,40,43)(H,44,45). The van der Waals surface area contributed by atoms with E-state index in [0.29, 0.717) is 37.5 Å². The zero-order valence-electron chi connectivity index (χ0n) is 27.5. The van der Waals surface area contributed by atoms with Crippen LogP contribution in [0.5, 0.6) is 23.0 Å². The van der Waals surface area contributed by atoms with Crippen LogP contribution in [0.4, 0.5) is 22.8 Å². The second-order valence-electron chi connectivity index (χ2n) is 12.6. The Morgan fingerprint density at radius 3 is 2.00 bits per heavy atom. The lowest BCUT2D eigenvalue weighted by Crippen LogP contribution is -2.43. The summed E-state index contributed by atoms with van der Waals surface area (Å²) in [6.07, 6.45) is -4.55. The van der Waals surface area contributed by atoms with Crippen LogP contribution >= 0.6 is 0 Å². The number of alkyl halides is 3. The number of carboxylic acid groups (broad SMARTS) is 1. The van der Waals surface area contributed by atoms with Crippen LogP contribution in [0.15, 0.2) is 65.8 Å². The minimum absolute atomic E-state index is 0.0308. The topological polar surface area (TPSA) is 194 Å². The lowest BCUT2D eigenvalue weighted by molar-refractivity contribution is -0.138. The van der Waals surface area contributed by atoms with E-state index in [4.69, 9.17) is 30.3 Å². The summed E-state index contributed by atoms with van der Waals surface area (Å²) in [4.78, 5) is 36.4. The molecule has 0 aliphatic heterocycles. The number of hydrogen-bond acceptors (Lipinski definition) is 8. The van der Waals surface area contributed by atoms with E-state index in [-0.39, 0.29) is 41.3 Å². The summed E-state index contributed by atoms with van der Waals surface area (Å²) in [5.41, 5.74) is 4.20. The maximum atomic E-state index is 14.1. The first-order valence-electron chi connectivity index (χ1n) is 15.5. The highest BCUT2D eigenvalue weighted by Gasteiger charge is 2.35. The van der Waals surface area contributed by atoms with Gasteiger partial charge in [-0.05, 0) is 94.5 Å². The average Bonchev–Trinajstić information content (AvgIpc) is 3.03. The van der Waals surface area contributed by atoms with Crippen molar-refractivity contribution >= 4 is 23.9 Å². The van der Waals surface area contributed by atoms with Gasteiger partial charge in [0.05, 0.1) is 5.56 Å². The number of nitrogens with zero attached hydrogens (tertiary/aromatic N) is 1. The molecular weight excluding hydrogens is 663 g/mol. The van der Waals surface area contributed by atoms with E-state index in [9.17, 15) is 27.6 Å². The number of amidine groups is 1. The first kappa shape index (κ1) is 37.2. The van der Waals surface area contributed by atoms with Gasteiger partial charge in [-0.3, -0.25) is 4.79 Å². The second-order valence-corrected chi connectivity index (χ2v) is 12.6. The smallest absolute Gasteiger partial charge is 0.420 e. The van der Waals surface area contributed by atoms with Crippen LogP contribution in [0.25, 0.3) is 0 Å². The number of amides is 3. The molecule has 3 amide bonds. The van der Waals surface area contributed by atoms with Gasteiger partial charge in [0.25, 0.3) is 5.91 Å². The van der Waals surface area contributed by atoms with Gasteiger partial charge in [-0.25, -0.2) is 9.59 Å². The van der Waals surface area contributed by atoms with Crippen molar-refractivity contribution in [1.82, 2.24) is 16.0 Å². The Kier molecular flexibility index (Phi) is 11.7. The molecule has 0 saturated heterocycles. The summed E-state index contributed by atoms with van der Waals surface area (Å²) in [6.45, 7) is 5.41. The monoisotopic (exact) mass is 701 g/mol. The molecule has 0 aromatic heterocycles. The molecule has 268 valence electrons. The van der Waals surface area contributed by atoms with Gasteiger partial charge in [-0.15, -0.1) is 0 Å². The highest BCUT2D eigenvalue weighted by molar-refractivity contribution is 5.97. The zero-order chi connectivity index (χ0) is 36.6. The number of ether oxygens (including phenoxy) is 3. The third-order valence-corrected chi connectivity index (χ3v) is 7.44. The molecule has 16 heteroatoms. The number of carbonyl (C=O) groups is 3. The first-order chi connectivity index (χ1) is 23.5. The van der Waals surface area contributed by atoms with Gasteiger partial charge in [-0.2, -0.15) is 13.2 Å². The fourth-order valence-corrected chi connectivity index (χ4v) is 5.13. The molecule has 0 spiro atoms. The van der Waals surface area contributed by atoms with Gasteiger partial charge in [0.1, 0.15) is 28.6 Å². The van der Waals surface area contributed by atoms with Crippen molar-refractivity contribution < 1.29 is 52.1 Å². The van der Waals surface area contributed by atoms with E-state index in [0.717, 1.165) is 11.6 Å². The van der Waals surface area contributed by atoms with Crippen molar-refractivity contribution in [2.75, 3.05) is 0 Å². The molecule has 0 radical (unpaired) electrons. The summed E-state index contributed by atoms with van der Waals surface area (Å²) in [6, 6.07) is 12.9. The number of rotatable bonds is 10. The molecule has 3 aromatic carbocycles. The molecule has 1 fully saturated rings. The predicted octanol–water partition coefficient (Wildman–Crippen LogP) is 6.72. The second kappa shape index (κ2) is 15.7. The Labute approximate surface area is 285 Å². The third-order valence-electron chi connectivity index (χ3n) is 7.44. The number of nitrogens with two attached hydrogens (primary N) is 1. The van der Waals surface area contributed by atoms with Crippen LogP contribution in [0.2, 0.25) is 0 Å². The van der Waals surface area contributed by atoms with Crippen molar-refractivity contribution in [3.63, 3.8) is 0 Å². The molecular formula is C34H38F3N5O8. The summed E-state index contributed by atoms with van der Waals surface area (Å²) >= 11 is 0. The fourth-order valence-electron chi connectivity index (χ4n) is 5.13. The van der Waals surface area contributed by atoms with Crippen molar-refractivity contribution in [3.05, 3.63) is 82.9 Å². The number of benzene rings is 3. The van der Waals surface area contributed by atoms with Crippen LogP contribution in [0, 0.1) is 0 Å². The molecule has 4 rings (SSSR count). The molecule has 1 aliphatic rings. The molecule has 1 aliphatic carbocycles. The zero-order valence-corrected chi connectivity index (χ0v) is 27.5. The van der Waals surface area contributed by atoms with E-state index >= 15 is 0 Å². The van der Waals surface area contributed by atoms with E-state index < -0.39 is 47.0 Å². The van der Waals surface area contributed by atoms with E-state index in [1.165, 1.54) is 24.3 Å². The van der Waals surface area contributed by atoms with E-state index in [1.54, 1.807) is 45.0 Å². The molecule has 1 saturated carbocycles. The summed E-state index contributed by atoms with van der Waals surface area (Å²) in [5.74, 6) is -1.45. The lowest BCUT2D eigenvalue weighted by atomic mass is 9.91. The fraction of sp³-hybridized carbons (Fsp3) is 0.353. The summed E-state index contributed by atoms with van der Waals surface area (Å²) < 4.78 is 59.1. The van der Waals surface area contributed by atoms with Gasteiger partial charge < -0.3 is 46.2 Å². The van der Waals surface area contributed by atoms with Crippen LogP contribution in [0.1, 0.15) is 73.5 Å². The quantitative estimate of drug-likeness (QED) is 0.0576. The number of oxime groups is 1. The van der Waals surface area contributed by atoms with Crippen LogP contribution in [0.3, 0.4) is 0 Å². The van der Waals surface area contributed by atoms with Gasteiger partial charge in [-0.1, -0.05) is 17.3 Å². The normalized spacial score (nSPS) is 16.6.